The summed E-state index contributed by atoms with van der Waals surface area (Å²) in [6, 6.07) is 0. The van der Waals surface area contributed by atoms with Gasteiger partial charge in [0.05, 0.1) is 19.3 Å². The Labute approximate surface area is 132 Å². The smallest absolute Gasteiger partial charge is 0.333 e. The highest BCUT2D eigenvalue weighted by atomic mass is 16.6. The van der Waals surface area contributed by atoms with Gasteiger partial charge in [-0.3, -0.25) is 0 Å². The maximum atomic E-state index is 11.1. The fraction of sp³-hybridized carbons (Fsp3) is 0.625. The molecule has 0 aromatic rings. The zero-order valence-electron chi connectivity index (χ0n) is 13.7. The number of esters is 2. The Morgan fingerprint density at radius 1 is 0.864 bits per heavy atom. The van der Waals surface area contributed by atoms with Gasteiger partial charge in [-0.15, -0.1) is 0 Å². The molecule has 0 aliphatic carbocycles. The summed E-state index contributed by atoms with van der Waals surface area (Å²) in [4.78, 5) is 22.2. The third kappa shape index (κ3) is 11.0. The second-order valence-electron chi connectivity index (χ2n) is 4.91. The SMILES string of the molecule is C=C(C)C(=O)OCCOCCC(C)OCCOC(=O)C(=C)C. The lowest BCUT2D eigenvalue weighted by Gasteiger charge is -2.13. The molecule has 0 aliphatic heterocycles. The molecule has 0 aromatic carbocycles. The van der Waals surface area contributed by atoms with Crippen molar-refractivity contribution in [1.29, 1.82) is 0 Å². The van der Waals surface area contributed by atoms with Crippen molar-refractivity contribution in [3.05, 3.63) is 24.3 Å². The molecule has 22 heavy (non-hydrogen) atoms. The average Bonchev–Trinajstić information content (AvgIpc) is 2.46. The molecule has 0 aromatic heterocycles. The third-order valence-corrected chi connectivity index (χ3v) is 2.55. The number of ether oxygens (including phenoxy) is 4. The van der Waals surface area contributed by atoms with Gasteiger partial charge in [0.25, 0.3) is 0 Å². The highest BCUT2D eigenvalue weighted by molar-refractivity contribution is 5.87. The van der Waals surface area contributed by atoms with Crippen molar-refractivity contribution in [2.75, 3.05) is 33.0 Å². The predicted octanol–water partition coefficient (Wildman–Crippen LogP) is 2.04. The van der Waals surface area contributed by atoms with Crippen molar-refractivity contribution < 1.29 is 28.5 Å². The molecular weight excluding hydrogens is 288 g/mol. The van der Waals surface area contributed by atoms with E-state index in [0.717, 1.165) is 0 Å². The molecule has 1 atom stereocenters. The summed E-state index contributed by atoms with van der Waals surface area (Å²) < 4.78 is 20.6. The Morgan fingerprint density at radius 3 is 1.86 bits per heavy atom. The molecule has 0 rings (SSSR count). The molecule has 0 spiro atoms. The zero-order chi connectivity index (χ0) is 17.0. The van der Waals surface area contributed by atoms with Crippen LogP contribution in [0, 0.1) is 0 Å². The van der Waals surface area contributed by atoms with Crippen molar-refractivity contribution >= 4 is 11.9 Å². The van der Waals surface area contributed by atoms with Crippen LogP contribution in [0.5, 0.6) is 0 Å². The normalized spacial score (nSPS) is 11.6. The average molecular weight is 314 g/mol. The van der Waals surface area contributed by atoms with Crippen LogP contribution < -0.4 is 0 Å². The quantitative estimate of drug-likeness (QED) is 0.312. The number of rotatable bonds is 12. The van der Waals surface area contributed by atoms with Crippen LogP contribution in [0.25, 0.3) is 0 Å². The molecule has 0 fully saturated rings. The molecule has 1 unspecified atom stereocenters. The van der Waals surface area contributed by atoms with E-state index in [0.29, 0.717) is 37.4 Å². The molecule has 0 bridgehead atoms. The summed E-state index contributed by atoms with van der Waals surface area (Å²) in [5, 5.41) is 0. The van der Waals surface area contributed by atoms with Crippen LogP contribution in [0.3, 0.4) is 0 Å². The van der Waals surface area contributed by atoms with Crippen LogP contribution in [0.4, 0.5) is 0 Å². The van der Waals surface area contributed by atoms with Crippen LogP contribution in [-0.2, 0) is 28.5 Å². The van der Waals surface area contributed by atoms with Gasteiger partial charge in [0.15, 0.2) is 0 Å². The lowest BCUT2D eigenvalue weighted by Crippen LogP contribution is -2.18. The number of hydrogen-bond donors (Lipinski definition) is 0. The summed E-state index contributed by atoms with van der Waals surface area (Å²) in [5.41, 5.74) is 0.739. The van der Waals surface area contributed by atoms with Gasteiger partial charge in [-0.2, -0.15) is 0 Å². The predicted molar refractivity (Wildman–Crippen MR) is 82.4 cm³/mol. The Balaban J connectivity index is 3.45. The lowest BCUT2D eigenvalue weighted by molar-refractivity contribution is -0.141. The molecule has 0 saturated heterocycles. The van der Waals surface area contributed by atoms with Crippen molar-refractivity contribution in [2.24, 2.45) is 0 Å². The topological polar surface area (TPSA) is 71.1 Å². The minimum Gasteiger partial charge on any atom is -0.460 e. The van der Waals surface area contributed by atoms with Gasteiger partial charge >= 0.3 is 11.9 Å². The highest BCUT2D eigenvalue weighted by Crippen LogP contribution is 1.99. The van der Waals surface area contributed by atoms with Crippen molar-refractivity contribution in [3.63, 3.8) is 0 Å². The number of carbonyl (C=O) groups excluding carboxylic acids is 2. The Bertz CT molecular complexity index is 388. The van der Waals surface area contributed by atoms with Crippen molar-refractivity contribution in [2.45, 2.75) is 33.3 Å². The molecular formula is C16H26O6. The fourth-order valence-electron chi connectivity index (χ4n) is 1.26. The Hall–Kier alpha value is -1.66. The summed E-state index contributed by atoms with van der Waals surface area (Å²) in [6.45, 7) is 13.6. The molecule has 126 valence electrons. The summed E-state index contributed by atoms with van der Waals surface area (Å²) >= 11 is 0. The molecule has 0 radical (unpaired) electrons. The van der Waals surface area contributed by atoms with Crippen LogP contribution >= 0.6 is 0 Å². The first-order valence-electron chi connectivity index (χ1n) is 7.19. The zero-order valence-corrected chi connectivity index (χ0v) is 13.7. The van der Waals surface area contributed by atoms with Gasteiger partial charge in [0.2, 0.25) is 0 Å². The largest absolute Gasteiger partial charge is 0.460 e. The Kier molecular flexibility index (Phi) is 11.0. The summed E-state index contributed by atoms with van der Waals surface area (Å²) in [6.07, 6.45) is 0.685. The maximum absolute atomic E-state index is 11.1. The van der Waals surface area contributed by atoms with E-state index in [1.807, 2.05) is 6.92 Å². The first kappa shape index (κ1) is 20.3. The first-order valence-corrected chi connectivity index (χ1v) is 7.19. The second-order valence-corrected chi connectivity index (χ2v) is 4.91. The van der Waals surface area contributed by atoms with E-state index in [2.05, 4.69) is 13.2 Å². The van der Waals surface area contributed by atoms with E-state index < -0.39 is 11.9 Å². The monoisotopic (exact) mass is 314 g/mol. The van der Waals surface area contributed by atoms with Crippen molar-refractivity contribution in [3.8, 4) is 0 Å². The molecule has 0 heterocycles. The summed E-state index contributed by atoms with van der Waals surface area (Å²) in [7, 11) is 0. The van der Waals surface area contributed by atoms with Crippen LogP contribution in [-0.4, -0.2) is 51.1 Å². The first-order chi connectivity index (χ1) is 10.3. The van der Waals surface area contributed by atoms with Crippen LogP contribution in [0.2, 0.25) is 0 Å². The molecule has 0 amide bonds. The minimum absolute atomic E-state index is 0.0125. The lowest BCUT2D eigenvalue weighted by atomic mass is 10.3. The van der Waals surface area contributed by atoms with Gasteiger partial charge in [-0.1, -0.05) is 13.2 Å². The number of hydrogen-bond acceptors (Lipinski definition) is 6. The van der Waals surface area contributed by atoms with E-state index in [1.54, 1.807) is 13.8 Å². The summed E-state index contributed by atoms with van der Waals surface area (Å²) in [5.74, 6) is -0.825. The minimum atomic E-state index is -0.413. The standard InChI is InChI=1S/C16H26O6/c1-12(2)15(17)21-9-8-19-7-6-14(5)20-10-11-22-16(18)13(3)4/h14H,1,3,6-11H2,2,4-5H3. The third-order valence-electron chi connectivity index (χ3n) is 2.55. The van der Waals surface area contributed by atoms with Crippen molar-refractivity contribution in [1.82, 2.24) is 0 Å². The molecule has 6 heteroatoms. The number of carbonyl (C=O) groups is 2. The second kappa shape index (κ2) is 11.9. The van der Waals surface area contributed by atoms with Gasteiger partial charge < -0.3 is 18.9 Å². The Morgan fingerprint density at radius 2 is 1.36 bits per heavy atom. The molecule has 0 saturated carbocycles. The highest BCUT2D eigenvalue weighted by Gasteiger charge is 2.06. The molecule has 6 nitrogen and oxygen atoms in total. The molecule has 0 N–H and O–H groups in total. The van der Waals surface area contributed by atoms with E-state index in [-0.39, 0.29) is 19.3 Å². The van der Waals surface area contributed by atoms with E-state index in [4.69, 9.17) is 18.9 Å². The molecule has 0 aliphatic rings. The fourth-order valence-corrected chi connectivity index (χ4v) is 1.26. The van der Waals surface area contributed by atoms with E-state index in [1.165, 1.54) is 0 Å². The van der Waals surface area contributed by atoms with Gasteiger partial charge in [0.1, 0.15) is 13.2 Å². The van der Waals surface area contributed by atoms with Gasteiger partial charge in [-0.25, -0.2) is 9.59 Å². The van der Waals surface area contributed by atoms with E-state index in [9.17, 15) is 9.59 Å². The van der Waals surface area contributed by atoms with Crippen LogP contribution in [0.15, 0.2) is 24.3 Å². The maximum Gasteiger partial charge on any atom is 0.333 e. The van der Waals surface area contributed by atoms with Gasteiger partial charge in [-0.05, 0) is 27.2 Å². The van der Waals surface area contributed by atoms with Crippen LogP contribution in [0.1, 0.15) is 27.2 Å². The van der Waals surface area contributed by atoms with Gasteiger partial charge in [0, 0.05) is 17.8 Å². The van der Waals surface area contributed by atoms with E-state index >= 15 is 0 Å².